The number of nitriles is 1. The molecule has 3 rings (SSSR count). The average Bonchev–Trinajstić information content (AvgIpc) is 3.00. The molecule has 4 nitrogen and oxygen atoms in total. The van der Waals surface area contributed by atoms with Gasteiger partial charge in [0.2, 0.25) is 0 Å². The number of anilines is 1. The molecule has 0 radical (unpaired) electrons. The molecule has 2 aromatic heterocycles. The van der Waals surface area contributed by atoms with E-state index in [0.717, 1.165) is 28.1 Å². The lowest BCUT2D eigenvalue weighted by Crippen LogP contribution is -2.00. The number of aryl methyl sites for hydroxylation is 2. The standard InChI is InChI=1S/C18H16N4/c1-11-5-6-13(12(2)8-11)17-9-14(16-4-3-7-21-16)15(10-19)18(20)22-17/h3-9,21H,1-2H3,(H2,20,22). The number of aromatic amines is 1. The van der Waals surface area contributed by atoms with Crippen LogP contribution < -0.4 is 5.73 Å². The summed E-state index contributed by atoms with van der Waals surface area (Å²) in [4.78, 5) is 7.54. The van der Waals surface area contributed by atoms with Crippen molar-refractivity contribution in [1.82, 2.24) is 9.97 Å². The molecule has 0 unspecified atom stereocenters. The lowest BCUT2D eigenvalue weighted by molar-refractivity contribution is 1.27. The molecule has 2 heterocycles. The molecule has 3 aromatic rings. The predicted octanol–water partition coefficient (Wildman–Crippen LogP) is 3.81. The molecule has 0 fully saturated rings. The third-order valence-corrected chi connectivity index (χ3v) is 3.71. The summed E-state index contributed by atoms with van der Waals surface area (Å²) in [5.41, 5.74) is 12.2. The third kappa shape index (κ3) is 2.33. The van der Waals surface area contributed by atoms with Crippen LogP contribution in [0.3, 0.4) is 0 Å². The number of nitrogens with two attached hydrogens (primary N) is 1. The minimum absolute atomic E-state index is 0.254. The fourth-order valence-electron chi connectivity index (χ4n) is 2.63. The van der Waals surface area contributed by atoms with Gasteiger partial charge in [-0.3, -0.25) is 0 Å². The lowest BCUT2D eigenvalue weighted by Gasteiger charge is -2.11. The van der Waals surface area contributed by atoms with Crippen molar-refractivity contribution in [2.24, 2.45) is 0 Å². The Hall–Kier alpha value is -3.06. The van der Waals surface area contributed by atoms with Crippen molar-refractivity contribution in [2.75, 3.05) is 5.73 Å². The van der Waals surface area contributed by atoms with Crippen molar-refractivity contribution in [3.63, 3.8) is 0 Å². The van der Waals surface area contributed by atoms with Gasteiger partial charge in [0.05, 0.1) is 5.69 Å². The number of H-pyrrole nitrogens is 1. The predicted molar refractivity (Wildman–Crippen MR) is 88.1 cm³/mol. The Morgan fingerprint density at radius 2 is 1.95 bits per heavy atom. The fourth-order valence-corrected chi connectivity index (χ4v) is 2.63. The van der Waals surface area contributed by atoms with Gasteiger partial charge < -0.3 is 10.7 Å². The number of nitrogens with one attached hydrogen (secondary N) is 1. The topological polar surface area (TPSA) is 78.5 Å². The number of hydrogen-bond donors (Lipinski definition) is 2. The monoisotopic (exact) mass is 288 g/mol. The van der Waals surface area contributed by atoms with Crippen molar-refractivity contribution < 1.29 is 0 Å². The summed E-state index contributed by atoms with van der Waals surface area (Å²) in [5.74, 6) is 0.254. The van der Waals surface area contributed by atoms with Crippen LogP contribution in [0.4, 0.5) is 5.82 Å². The first kappa shape index (κ1) is 13.9. The van der Waals surface area contributed by atoms with E-state index in [4.69, 9.17) is 5.73 Å². The van der Waals surface area contributed by atoms with E-state index in [0.29, 0.717) is 5.56 Å². The average molecular weight is 288 g/mol. The highest BCUT2D eigenvalue weighted by atomic mass is 14.9. The second-order valence-corrected chi connectivity index (χ2v) is 5.33. The molecule has 0 spiro atoms. The van der Waals surface area contributed by atoms with Crippen LogP contribution in [-0.2, 0) is 0 Å². The Kier molecular flexibility index (Phi) is 3.40. The number of hydrogen-bond acceptors (Lipinski definition) is 3. The molecule has 108 valence electrons. The molecule has 4 heteroatoms. The molecule has 22 heavy (non-hydrogen) atoms. The number of benzene rings is 1. The molecule has 0 saturated heterocycles. The zero-order chi connectivity index (χ0) is 15.7. The van der Waals surface area contributed by atoms with Gasteiger partial charge in [-0.05, 0) is 37.6 Å². The summed E-state index contributed by atoms with van der Waals surface area (Å²) < 4.78 is 0. The highest BCUT2D eigenvalue weighted by molar-refractivity contribution is 5.79. The molecule has 3 N–H and O–H groups in total. The molecule has 0 amide bonds. The van der Waals surface area contributed by atoms with E-state index in [1.165, 1.54) is 5.56 Å². The molecule has 0 aliphatic heterocycles. The quantitative estimate of drug-likeness (QED) is 0.752. The van der Waals surface area contributed by atoms with Crippen LogP contribution in [0.25, 0.3) is 22.5 Å². The highest BCUT2D eigenvalue weighted by Crippen LogP contribution is 2.31. The van der Waals surface area contributed by atoms with E-state index in [9.17, 15) is 5.26 Å². The summed E-state index contributed by atoms with van der Waals surface area (Å²) in [5, 5.41) is 9.37. The zero-order valence-electron chi connectivity index (χ0n) is 12.5. The smallest absolute Gasteiger partial charge is 0.142 e. The largest absolute Gasteiger partial charge is 0.383 e. The normalized spacial score (nSPS) is 10.4. The van der Waals surface area contributed by atoms with Crippen molar-refractivity contribution >= 4 is 5.82 Å². The molecule has 0 bridgehead atoms. The second-order valence-electron chi connectivity index (χ2n) is 5.33. The zero-order valence-corrected chi connectivity index (χ0v) is 12.5. The maximum absolute atomic E-state index is 9.37. The third-order valence-electron chi connectivity index (χ3n) is 3.71. The second kappa shape index (κ2) is 5.38. The molecule has 0 aliphatic carbocycles. The Morgan fingerprint density at radius 3 is 2.59 bits per heavy atom. The Balaban J connectivity index is 2.25. The first-order valence-electron chi connectivity index (χ1n) is 7.02. The minimum atomic E-state index is 0.254. The van der Waals surface area contributed by atoms with Crippen LogP contribution in [0.1, 0.15) is 16.7 Å². The van der Waals surface area contributed by atoms with Crippen molar-refractivity contribution in [1.29, 1.82) is 5.26 Å². The van der Waals surface area contributed by atoms with Gasteiger partial charge in [-0.15, -0.1) is 0 Å². The molecule has 1 aromatic carbocycles. The van der Waals surface area contributed by atoms with Gasteiger partial charge in [0.1, 0.15) is 17.5 Å². The van der Waals surface area contributed by atoms with Gasteiger partial charge in [0.15, 0.2) is 0 Å². The van der Waals surface area contributed by atoms with Gasteiger partial charge in [-0.2, -0.15) is 5.26 Å². The maximum Gasteiger partial charge on any atom is 0.142 e. The first-order chi connectivity index (χ1) is 10.6. The Morgan fingerprint density at radius 1 is 1.14 bits per heavy atom. The number of nitrogens with zero attached hydrogens (tertiary/aromatic N) is 2. The molecule has 0 saturated carbocycles. The Labute approximate surface area is 129 Å². The van der Waals surface area contributed by atoms with Crippen LogP contribution in [0, 0.1) is 25.2 Å². The van der Waals surface area contributed by atoms with E-state index in [-0.39, 0.29) is 5.82 Å². The van der Waals surface area contributed by atoms with Crippen LogP contribution in [0.15, 0.2) is 42.6 Å². The van der Waals surface area contributed by atoms with Gasteiger partial charge >= 0.3 is 0 Å². The van der Waals surface area contributed by atoms with E-state index >= 15 is 0 Å². The van der Waals surface area contributed by atoms with Crippen molar-refractivity contribution in [3.05, 3.63) is 59.3 Å². The fraction of sp³-hybridized carbons (Fsp3) is 0.111. The van der Waals surface area contributed by atoms with E-state index < -0.39 is 0 Å². The Bertz CT molecular complexity index is 871. The van der Waals surface area contributed by atoms with Gasteiger partial charge in [-0.25, -0.2) is 4.98 Å². The summed E-state index contributed by atoms with van der Waals surface area (Å²) in [7, 11) is 0. The summed E-state index contributed by atoms with van der Waals surface area (Å²) in [6.07, 6.45) is 1.82. The van der Waals surface area contributed by atoms with Crippen LogP contribution in [0.2, 0.25) is 0 Å². The van der Waals surface area contributed by atoms with Gasteiger partial charge in [-0.1, -0.05) is 23.8 Å². The molecule has 0 aliphatic rings. The number of aromatic nitrogens is 2. The van der Waals surface area contributed by atoms with Crippen LogP contribution in [0.5, 0.6) is 0 Å². The van der Waals surface area contributed by atoms with Gasteiger partial charge in [0.25, 0.3) is 0 Å². The van der Waals surface area contributed by atoms with E-state index in [1.54, 1.807) is 0 Å². The van der Waals surface area contributed by atoms with Crippen molar-refractivity contribution in [2.45, 2.75) is 13.8 Å². The highest BCUT2D eigenvalue weighted by Gasteiger charge is 2.14. The summed E-state index contributed by atoms with van der Waals surface area (Å²) >= 11 is 0. The SMILES string of the molecule is Cc1ccc(-c2cc(-c3ccc[nH]3)c(C#N)c(N)n2)c(C)c1. The lowest BCUT2D eigenvalue weighted by atomic mass is 9.99. The van der Waals surface area contributed by atoms with E-state index in [2.05, 4.69) is 29.0 Å². The number of nitrogen functional groups attached to an aromatic ring is 1. The van der Waals surface area contributed by atoms with Crippen LogP contribution >= 0.6 is 0 Å². The minimum Gasteiger partial charge on any atom is -0.383 e. The van der Waals surface area contributed by atoms with E-state index in [1.807, 2.05) is 43.5 Å². The molecular formula is C18H16N4. The summed E-state index contributed by atoms with van der Waals surface area (Å²) in [6.45, 7) is 4.11. The first-order valence-corrected chi connectivity index (χ1v) is 7.02. The number of pyridine rings is 1. The maximum atomic E-state index is 9.37. The van der Waals surface area contributed by atoms with Gasteiger partial charge in [0, 0.05) is 23.0 Å². The number of rotatable bonds is 2. The summed E-state index contributed by atoms with van der Waals surface area (Å²) in [6, 6.07) is 14.1. The molecule has 0 atom stereocenters. The van der Waals surface area contributed by atoms with Crippen molar-refractivity contribution in [3.8, 4) is 28.6 Å². The molecular weight excluding hydrogens is 272 g/mol. The van der Waals surface area contributed by atoms with Crippen LogP contribution in [-0.4, -0.2) is 9.97 Å².